The zero-order chi connectivity index (χ0) is 31.5. The Hall–Kier alpha value is -4.30. The van der Waals surface area contributed by atoms with Crippen LogP contribution in [0.25, 0.3) is 0 Å². The number of hydrogen-bond donors (Lipinski definition) is 5. The van der Waals surface area contributed by atoms with Crippen molar-refractivity contribution in [2.45, 2.75) is 97.0 Å². The quantitative estimate of drug-likeness (QED) is 0.116. The van der Waals surface area contributed by atoms with Crippen LogP contribution in [0.5, 0.6) is 0 Å². The van der Waals surface area contributed by atoms with E-state index in [2.05, 4.69) is 21.3 Å². The molecular formula is C26H39N5O10. The van der Waals surface area contributed by atoms with Crippen LogP contribution in [-0.4, -0.2) is 93.7 Å². The van der Waals surface area contributed by atoms with Crippen molar-refractivity contribution in [1.82, 2.24) is 26.2 Å². The van der Waals surface area contributed by atoms with E-state index in [0.717, 1.165) is 17.1 Å². The van der Waals surface area contributed by atoms with Crippen molar-refractivity contribution in [2.75, 3.05) is 6.54 Å². The maximum atomic E-state index is 13.0. The summed E-state index contributed by atoms with van der Waals surface area (Å²) in [5.41, 5.74) is -0.769. The number of carbonyl (C=O) groups is 8. The van der Waals surface area contributed by atoms with Gasteiger partial charge in [0.1, 0.15) is 29.8 Å². The number of carbonyl (C=O) groups excluding carboxylic acids is 7. The van der Waals surface area contributed by atoms with E-state index in [0.29, 0.717) is 0 Å². The number of nitrogens with one attached hydrogen (secondary N) is 4. The second-order valence-corrected chi connectivity index (χ2v) is 10.5. The van der Waals surface area contributed by atoms with Crippen LogP contribution in [-0.2, 0) is 43.1 Å². The van der Waals surface area contributed by atoms with Gasteiger partial charge >= 0.3 is 11.9 Å². The summed E-state index contributed by atoms with van der Waals surface area (Å²) in [7, 11) is 0. The topological polar surface area (TPSA) is 217 Å². The van der Waals surface area contributed by atoms with Crippen LogP contribution in [0.2, 0.25) is 0 Å². The standard InChI is InChI=1S/C26H39N5O10/c1-14(23(37)29-16(3)25(39)40)27-22(36)15(2)28-24(38)17(9-12-21(35)41-26(4,5)6)30-18(32)8-7-13-31-19(33)10-11-20(31)34/h10-11,14-17H,7-9,12-13H2,1-6H3,(H,27,36)(H,28,38)(H,29,37)(H,30,32)(H,39,40)/t14-,15-,16-,17-/m0/s1. The summed E-state index contributed by atoms with van der Waals surface area (Å²) in [6.07, 6.45) is 1.87. The molecular weight excluding hydrogens is 542 g/mol. The highest BCUT2D eigenvalue weighted by Gasteiger charge is 2.29. The number of hydrogen-bond acceptors (Lipinski definition) is 9. The summed E-state index contributed by atoms with van der Waals surface area (Å²) >= 11 is 0. The fraction of sp³-hybridized carbons (Fsp3) is 0.615. The fourth-order valence-electron chi connectivity index (χ4n) is 3.42. The third kappa shape index (κ3) is 12.6. The number of carboxylic acid groups (broad SMARTS) is 1. The minimum absolute atomic E-state index is 0.00106. The molecule has 0 saturated heterocycles. The monoisotopic (exact) mass is 581 g/mol. The van der Waals surface area contributed by atoms with Crippen LogP contribution < -0.4 is 21.3 Å². The number of nitrogens with zero attached hydrogens (tertiary/aromatic N) is 1. The Morgan fingerprint density at radius 2 is 1.29 bits per heavy atom. The van der Waals surface area contributed by atoms with Gasteiger partial charge in [0, 0.05) is 31.5 Å². The first-order chi connectivity index (χ1) is 18.9. The molecule has 1 aliphatic heterocycles. The predicted molar refractivity (Wildman–Crippen MR) is 143 cm³/mol. The Labute approximate surface area is 237 Å². The van der Waals surface area contributed by atoms with E-state index in [1.165, 1.54) is 20.8 Å². The Balaban J connectivity index is 2.78. The summed E-state index contributed by atoms with van der Waals surface area (Å²) in [5.74, 6) is -5.71. The Morgan fingerprint density at radius 3 is 1.78 bits per heavy atom. The molecule has 228 valence electrons. The first-order valence-electron chi connectivity index (χ1n) is 13.1. The highest BCUT2D eigenvalue weighted by atomic mass is 16.6. The lowest BCUT2D eigenvalue weighted by atomic mass is 10.1. The smallest absolute Gasteiger partial charge is 0.325 e. The number of esters is 1. The normalized spacial score (nSPS) is 15.8. The molecule has 1 rings (SSSR count). The zero-order valence-electron chi connectivity index (χ0n) is 24.1. The fourth-order valence-corrected chi connectivity index (χ4v) is 3.42. The van der Waals surface area contributed by atoms with Gasteiger partial charge in [-0.3, -0.25) is 43.3 Å². The van der Waals surface area contributed by atoms with E-state index in [9.17, 15) is 38.4 Å². The molecule has 0 aromatic heterocycles. The first kappa shape index (κ1) is 34.7. The lowest BCUT2D eigenvalue weighted by molar-refractivity contribution is -0.155. The minimum Gasteiger partial charge on any atom is -0.480 e. The molecule has 15 heteroatoms. The average Bonchev–Trinajstić information content (AvgIpc) is 3.17. The third-order valence-electron chi connectivity index (χ3n) is 5.63. The molecule has 0 saturated carbocycles. The molecule has 1 heterocycles. The predicted octanol–water partition coefficient (Wildman–Crippen LogP) is -1.10. The molecule has 4 atom stereocenters. The van der Waals surface area contributed by atoms with Gasteiger partial charge in [-0.1, -0.05) is 0 Å². The molecule has 0 bridgehead atoms. The molecule has 0 aromatic carbocycles. The highest BCUT2D eigenvalue weighted by molar-refractivity contribution is 6.12. The molecule has 15 nitrogen and oxygen atoms in total. The number of carboxylic acids is 1. The molecule has 5 N–H and O–H groups in total. The van der Waals surface area contributed by atoms with Gasteiger partial charge in [0.05, 0.1) is 0 Å². The number of aliphatic carboxylic acids is 1. The Bertz CT molecular complexity index is 1060. The van der Waals surface area contributed by atoms with Gasteiger partial charge in [-0.25, -0.2) is 0 Å². The molecule has 0 radical (unpaired) electrons. The van der Waals surface area contributed by atoms with Gasteiger partial charge in [-0.15, -0.1) is 0 Å². The molecule has 1 aliphatic rings. The number of amides is 6. The van der Waals surface area contributed by atoms with E-state index in [-0.39, 0.29) is 32.2 Å². The third-order valence-corrected chi connectivity index (χ3v) is 5.63. The summed E-state index contributed by atoms with van der Waals surface area (Å²) in [4.78, 5) is 97.6. The van der Waals surface area contributed by atoms with Gasteiger partial charge in [0.15, 0.2) is 0 Å². The average molecular weight is 582 g/mol. The molecule has 0 unspecified atom stereocenters. The van der Waals surface area contributed by atoms with Crippen LogP contribution in [0.15, 0.2) is 12.2 Å². The summed E-state index contributed by atoms with van der Waals surface area (Å²) in [6.45, 7) is 8.94. The summed E-state index contributed by atoms with van der Waals surface area (Å²) in [6, 6.07) is -4.70. The molecule has 0 aliphatic carbocycles. The zero-order valence-corrected chi connectivity index (χ0v) is 24.1. The maximum absolute atomic E-state index is 13.0. The van der Waals surface area contributed by atoms with Crippen LogP contribution >= 0.6 is 0 Å². The van der Waals surface area contributed by atoms with E-state index in [1.807, 2.05) is 0 Å². The van der Waals surface area contributed by atoms with E-state index in [1.54, 1.807) is 20.8 Å². The maximum Gasteiger partial charge on any atom is 0.325 e. The van der Waals surface area contributed by atoms with E-state index >= 15 is 0 Å². The number of imide groups is 1. The van der Waals surface area contributed by atoms with Crippen molar-refractivity contribution in [2.24, 2.45) is 0 Å². The van der Waals surface area contributed by atoms with E-state index < -0.39 is 77.2 Å². The van der Waals surface area contributed by atoms with Crippen molar-refractivity contribution in [3.05, 3.63) is 12.2 Å². The largest absolute Gasteiger partial charge is 0.480 e. The first-order valence-corrected chi connectivity index (χ1v) is 13.1. The lowest BCUT2D eigenvalue weighted by Crippen LogP contribution is -2.56. The molecule has 41 heavy (non-hydrogen) atoms. The lowest BCUT2D eigenvalue weighted by Gasteiger charge is -2.23. The van der Waals surface area contributed by atoms with Crippen molar-refractivity contribution in [3.8, 4) is 0 Å². The summed E-state index contributed by atoms with van der Waals surface area (Å²) in [5, 5.41) is 18.4. The van der Waals surface area contributed by atoms with Crippen molar-refractivity contribution < 1.29 is 48.2 Å². The highest BCUT2D eigenvalue weighted by Crippen LogP contribution is 2.11. The van der Waals surface area contributed by atoms with Gasteiger partial charge < -0.3 is 31.1 Å². The number of rotatable bonds is 15. The van der Waals surface area contributed by atoms with Gasteiger partial charge in [-0.2, -0.15) is 0 Å². The van der Waals surface area contributed by atoms with Crippen LogP contribution in [0.3, 0.4) is 0 Å². The van der Waals surface area contributed by atoms with Gasteiger partial charge in [-0.05, 0) is 54.4 Å². The molecule has 0 fully saturated rings. The van der Waals surface area contributed by atoms with Crippen molar-refractivity contribution >= 4 is 47.4 Å². The Kier molecular flexibility index (Phi) is 13.1. The van der Waals surface area contributed by atoms with Crippen LogP contribution in [0.4, 0.5) is 0 Å². The van der Waals surface area contributed by atoms with Crippen LogP contribution in [0, 0.1) is 0 Å². The van der Waals surface area contributed by atoms with Gasteiger partial charge in [0.25, 0.3) is 11.8 Å². The van der Waals surface area contributed by atoms with Gasteiger partial charge in [0.2, 0.25) is 23.6 Å². The number of ether oxygens (including phenoxy) is 1. The second-order valence-electron chi connectivity index (χ2n) is 10.5. The molecule has 6 amide bonds. The SMILES string of the molecule is C[C@H](NC(=O)[C@H](C)NC(=O)[C@H](C)NC(=O)[C@H](CCC(=O)OC(C)(C)C)NC(=O)CCCN1C(=O)C=CC1=O)C(=O)O. The van der Waals surface area contributed by atoms with Crippen molar-refractivity contribution in [3.63, 3.8) is 0 Å². The van der Waals surface area contributed by atoms with Crippen LogP contribution in [0.1, 0.15) is 67.2 Å². The molecule has 0 aromatic rings. The minimum atomic E-state index is -1.26. The molecule has 0 spiro atoms. The van der Waals surface area contributed by atoms with Crippen molar-refractivity contribution in [1.29, 1.82) is 0 Å². The second kappa shape index (κ2) is 15.5. The van der Waals surface area contributed by atoms with E-state index in [4.69, 9.17) is 9.84 Å². The summed E-state index contributed by atoms with van der Waals surface area (Å²) < 4.78 is 5.25. The Morgan fingerprint density at radius 1 is 0.805 bits per heavy atom.